The van der Waals surface area contributed by atoms with Gasteiger partial charge in [0.25, 0.3) is 0 Å². The molecule has 0 spiro atoms. The van der Waals surface area contributed by atoms with Crippen molar-refractivity contribution in [2.24, 2.45) is 5.73 Å². The zero-order valence-corrected chi connectivity index (χ0v) is 9.47. The van der Waals surface area contributed by atoms with Gasteiger partial charge in [0.05, 0.1) is 6.20 Å². The standard InChI is InChI=1S/C11H12N4S/c12-6-10(9-2-1-3-13-7-9)16-11-8-14-4-5-15-11/h1-5,7-8,10H,6,12H2. The first-order chi connectivity index (χ1) is 7.90. The maximum Gasteiger partial charge on any atom is 0.115 e. The summed E-state index contributed by atoms with van der Waals surface area (Å²) in [5.74, 6) is 0. The van der Waals surface area contributed by atoms with Crippen molar-refractivity contribution in [2.75, 3.05) is 6.54 Å². The Morgan fingerprint density at radius 2 is 2.06 bits per heavy atom. The third-order valence-electron chi connectivity index (χ3n) is 2.07. The Kier molecular flexibility index (Phi) is 3.85. The monoisotopic (exact) mass is 232 g/mol. The van der Waals surface area contributed by atoms with Crippen LogP contribution < -0.4 is 5.73 Å². The van der Waals surface area contributed by atoms with Crippen LogP contribution in [0.4, 0.5) is 0 Å². The molecule has 0 saturated heterocycles. The minimum Gasteiger partial charge on any atom is -0.329 e. The van der Waals surface area contributed by atoms with E-state index in [9.17, 15) is 0 Å². The maximum absolute atomic E-state index is 5.76. The molecule has 0 aliphatic carbocycles. The second-order valence-electron chi connectivity index (χ2n) is 3.17. The van der Waals surface area contributed by atoms with Gasteiger partial charge < -0.3 is 5.73 Å². The van der Waals surface area contributed by atoms with E-state index in [1.807, 2.05) is 18.3 Å². The zero-order valence-electron chi connectivity index (χ0n) is 8.65. The number of aromatic nitrogens is 3. The summed E-state index contributed by atoms with van der Waals surface area (Å²) in [6.45, 7) is 0.549. The van der Waals surface area contributed by atoms with Crippen LogP contribution >= 0.6 is 11.8 Å². The van der Waals surface area contributed by atoms with Crippen molar-refractivity contribution in [1.82, 2.24) is 15.0 Å². The molecule has 0 aliphatic rings. The molecule has 0 amide bonds. The smallest absolute Gasteiger partial charge is 0.115 e. The summed E-state index contributed by atoms with van der Waals surface area (Å²) in [5, 5.41) is 1.05. The molecule has 2 aromatic heterocycles. The first-order valence-corrected chi connectivity index (χ1v) is 5.81. The fourth-order valence-corrected chi connectivity index (χ4v) is 2.22. The highest BCUT2D eigenvalue weighted by molar-refractivity contribution is 7.99. The Labute approximate surface area is 98.3 Å². The number of thioether (sulfide) groups is 1. The Hall–Kier alpha value is -1.46. The Morgan fingerprint density at radius 3 is 2.69 bits per heavy atom. The van der Waals surface area contributed by atoms with Crippen LogP contribution in [0.2, 0.25) is 0 Å². The van der Waals surface area contributed by atoms with E-state index in [2.05, 4.69) is 15.0 Å². The van der Waals surface area contributed by atoms with E-state index in [1.165, 1.54) is 0 Å². The van der Waals surface area contributed by atoms with Crippen LogP contribution in [-0.4, -0.2) is 21.5 Å². The van der Waals surface area contributed by atoms with Gasteiger partial charge in [0, 0.05) is 36.6 Å². The van der Waals surface area contributed by atoms with Crippen LogP contribution in [0.15, 0.2) is 48.1 Å². The minimum atomic E-state index is 0.172. The predicted octanol–water partition coefficient (Wildman–Crippen LogP) is 1.66. The number of pyridine rings is 1. The van der Waals surface area contributed by atoms with Crippen molar-refractivity contribution < 1.29 is 0 Å². The van der Waals surface area contributed by atoms with Gasteiger partial charge in [-0.15, -0.1) is 0 Å². The van der Waals surface area contributed by atoms with E-state index in [0.29, 0.717) is 6.54 Å². The first-order valence-electron chi connectivity index (χ1n) is 4.93. The van der Waals surface area contributed by atoms with Gasteiger partial charge >= 0.3 is 0 Å². The van der Waals surface area contributed by atoms with E-state index in [4.69, 9.17) is 5.73 Å². The number of hydrogen-bond donors (Lipinski definition) is 1. The summed E-state index contributed by atoms with van der Waals surface area (Å²) >= 11 is 1.60. The maximum atomic E-state index is 5.76. The summed E-state index contributed by atoms with van der Waals surface area (Å²) < 4.78 is 0. The van der Waals surface area contributed by atoms with Gasteiger partial charge in [0.1, 0.15) is 5.03 Å². The second-order valence-corrected chi connectivity index (χ2v) is 4.40. The molecule has 16 heavy (non-hydrogen) atoms. The lowest BCUT2D eigenvalue weighted by atomic mass is 10.2. The molecule has 5 heteroatoms. The normalized spacial score (nSPS) is 12.3. The molecule has 2 N–H and O–H groups in total. The molecular formula is C11H12N4S. The van der Waals surface area contributed by atoms with Gasteiger partial charge in [0.2, 0.25) is 0 Å². The average Bonchev–Trinajstić information content (AvgIpc) is 2.38. The van der Waals surface area contributed by atoms with Crippen LogP contribution in [0.5, 0.6) is 0 Å². The van der Waals surface area contributed by atoms with Crippen molar-refractivity contribution in [2.45, 2.75) is 10.3 Å². The molecule has 0 saturated carbocycles. The molecular weight excluding hydrogens is 220 g/mol. The molecule has 0 aliphatic heterocycles. The quantitative estimate of drug-likeness (QED) is 0.812. The molecule has 0 aromatic carbocycles. The number of nitrogens with two attached hydrogens (primary N) is 1. The highest BCUT2D eigenvalue weighted by Crippen LogP contribution is 2.31. The van der Waals surface area contributed by atoms with Crippen molar-refractivity contribution in [3.8, 4) is 0 Å². The van der Waals surface area contributed by atoms with Gasteiger partial charge in [0.15, 0.2) is 0 Å². The lowest BCUT2D eigenvalue weighted by Gasteiger charge is -2.12. The van der Waals surface area contributed by atoms with Crippen molar-refractivity contribution in [3.63, 3.8) is 0 Å². The summed E-state index contributed by atoms with van der Waals surface area (Å²) in [6, 6.07) is 3.93. The lowest BCUT2D eigenvalue weighted by Crippen LogP contribution is -2.09. The molecule has 0 radical (unpaired) electrons. The third-order valence-corrected chi connectivity index (χ3v) is 3.27. The van der Waals surface area contributed by atoms with Crippen LogP contribution in [0.3, 0.4) is 0 Å². The lowest BCUT2D eigenvalue weighted by molar-refractivity contribution is 0.923. The minimum absolute atomic E-state index is 0.172. The SMILES string of the molecule is NCC(Sc1cnccn1)c1cccnc1. The van der Waals surface area contributed by atoms with Crippen molar-refractivity contribution in [1.29, 1.82) is 0 Å². The summed E-state index contributed by atoms with van der Waals surface area (Å²) in [6.07, 6.45) is 8.67. The van der Waals surface area contributed by atoms with Gasteiger partial charge in [-0.3, -0.25) is 9.97 Å². The number of hydrogen-bond acceptors (Lipinski definition) is 5. The fraction of sp³-hybridized carbons (Fsp3) is 0.182. The molecule has 82 valence electrons. The largest absolute Gasteiger partial charge is 0.329 e. The van der Waals surface area contributed by atoms with Gasteiger partial charge in [-0.1, -0.05) is 17.8 Å². The Balaban J connectivity index is 2.13. The molecule has 1 atom stereocenters. The molecule has 0 bridgehead atoms. The van der Waals surface area contributed by atoms with Crippen molar-refractivity contribution in [3.05, 3.63) is 48.7 Å². The number of nitrogens with zero attached hydrogens (tertiary/aromatic N) is 3. The van der Waals surface area contributed by atoms with E-state index < -0.39 is 0 Å². The second kappa shape index (κ2) is 5.58. The molecule has 2 rings (SSSR count). The summed E-state index contributed by atoms with van der Waals surface area (Å²) in [5.41, 5.74) is 6.87. The van der Waals surface area contributed by atoms with Crippen LogP contribution in [0.25, 0.3) is 0 Å². The molecule has 2 heterocycles. The first kappa shape index (κ1) is 11.0. The Bertz CT molecular complexity index is 421. The van der Waals surface area contributed by atoms with Gasteiger partial charge in [-0.2, -0.15) is 0 Å². The van der Waals surface area contributed by atoms with Crippen molar-refractivity contribution >= 4 is 11.8 Å². The topological polar surface area (TPSA) is 64.7 Å². The highest BCUT2D eigenvalue weighted by atomic mass is 32.2. The fourth-order valence-electron chi connectivity index (χ4n) is 1.31. The van der Waals surface area contributed by atoms with E-state index in [1.54, 1.807) is 36.5 Å². The predicted molar refractivity (Wildman–Crippen MR) is 63.9 cm³/mol. The zero-order chi connectivity index (χ0) is 11.2. The van der Waals surface area contributed by atoms with Gasteiger partial charge in [-0.05, 0) is 11.6 Å². The molecule has 2 aromatic rings. The number of rotatable bonds is 4. The third kappa shape index (κ3) is 2.77. The Morgan fingerprint density at radius 1 is 1.19 bits per heavy atom. The van der Waals surface area contributed by atoms with Crippen LogP contribution in [0, 0.1) is 0 Å². The molecule has 4 nitrogen and oxygen atoms in total. The van der Waals surface area contributed by atoms with Gasteiger partial charge in [-0.25, -0.2) is 4.98 Å². The van der Waals surface area contributed by atoms with E-state index in [-0.39, 0.29) is 5.25 Å². The van der Waals surface area contributed by atoms with Crippen LogP contribution in [-0.2, 0) is 0 Å². The van der Waals surface area contributed by atoms with E-state index >= 15 is 0 Å². The van der Waals surface area contributed by atoms with E-state index in [0.717, 1.165) is 10.6 Å². The molecule has 1 unspecified atom stereocenters. The molecule has 0 fully saturated rings. The van der Waals surface area contributed by atoms with Crippen LogP contribution in [0.1, 0.15) is 10.8 Å². The summed E-state index contributed by atoms with van der Waals surface area (Å²) in [4.78, 5) is 12.3. The highest BCUT2D eigenvalue weighted by Gasteiger charge is 2.11. The summed E-state index contributed by atoms with van der Waals surface area (Å²) in [7, 11) is 0. The average molecular weight is 232 g/mol.